The number of fused-ring (bicyclic) bond motifs is 1. The van der Waals surface area contributed by atoms with Crippen molar-refractivity contribution in [2.45, 2.75) is 31.3 Å². The van der Waals surface area contributed by atoms with Gasteiger partial charge in [-0.05, 0) is 30.5 Å². The lowest BCUT2D eigenvalue weighted by molar-refractivity contribution is -0.156. The number of nitrogens with zero attached hydrogens (tertiary/aromatic N) is 2. The molecule has 170 valence electrons. The summed E-state index contributed by atoms with van der Waals surface area (Å²) in [6.07, 6.45) is 0.343. The number of carbonyl (C=O) groups excluding carboxylic acids is 5. The maximum atomic E-state index is 13.0. The summed E-state index contributed by atoms with van der Waals surface area (Å²) in [5.74, 6) is -2.86. The van der Waals surface area contributed by atoms with Crippen LogP contribution in [0.4, 0.5) is 0 Å². The van der Waals surface area contributed by atoms with Crippen LogP contribution in [0.3, 0.4) is 0 Å². The van der Waals surface area contributed by atoms with Gasteiger partial charge in [-0.3, -0.25) is 33.8 Å². The minimum absolute atomic E-state index is 0.00865. The third-order valence-corrected chi connectivity index (χ3v) is 5.78. The molecule has 1 saturated heterocycles. The second kappa shape index (κ2) is 9.33. The predicted molar refractivity (Wildman–Crippen MR) is 116 cm³/mol. The van der Waals surface area contributed by atoms with E-state index in [1.165, 1.54) is 12.1 Å². The van der Waals surface area contributed by atoms with Crippen molar-refractivity contribution in [1.29, 1.82) is 0 Å². The molecular weight excluding hydrogens is 426 g/mol. The van der Waals surface area contributed by atoms with E-state index in [1.54, 1.807) is 12.1 Å². The van der Waals surface area contributed by atoms with Crippen molar-refractivity contribution in [2.24, 2.45) is 5.73 Å². The Hall–Kier alpha value is -3.85. The van der Waals surface area contributed by atoms with Crippen LogP contribution in [0, 0.1) is 0 Å². The summed E-state index contributed by atoms with van der Waals surface area (Å²) < 4.78 is 5.17. The van der Waals surface area contributed by atoms with E-state index in [0.29, 0.717) is 6.42 Å². The Balaban J connectivity index is 1.36. The van der Waals surface area contributed by atoms with E-state index in [9.17, 15) is 24.0 Å². The number of rotatable bonds is 7. The van der Waals surface area contributed by atoms with E-state index in [1.807, 2.05) is 30.3 Å². The van der Waals surface area contributed by atoms with Crippen molar-refractivity contribution in [3.63, 3.8) is 0 Å². The molecule has 0 spiro atoms. The summed E-state index contributed by atoms with van der Waals surface area (Å²) in [4.78, 5) is 64.9. The minimum atomic E-state index is -1.08. The monoisotopic (exact) mass is 449 g/mol. The second-order valence-electron chi connectivity index (χ2n) is 7.93. The van der Waals surface area contributed by atoms with Gasteiger partial charge in [0.05, 0.1) is 17.7 Å². The molecule has 1 fully saturated rings. The highest BCUT2D eigenvalue weighted by atomic mass is 16.5. The van der Waals surface area contributed by atoms with E-state index in [4.69, 9.17) is 10.5 Å². The molecule has 9 heteroatoms. The van der Waals surface area contributed by atoms with Crippen molar-refractivity contribution in [1.82, 2.24) is 9.80 Å². The molecule has 0 aromatic heterocycles. The standard InChI is InChI=1S/C24H23N3O6/c25-18(14-15-6-2-1-3-7-15)24(32)33-13-12-26-20(28)11-10-19(23(26)31)27-21(29)16-8-4-5-9-17(16)22(27)30/h1-9,18-19H,10-14,25H2/t18-,19?/m0/s1. The Morgan fingerprint density at radius 2 is 1.58 bits per heavy atom. The number of likely N-dealkylation sites (tertiary alicyclic amines) is 1. The second-order valence-corrected chi connectivity index (χ2v) is 7.93. The number of benzene rings is 2. The Kier molecular flexibility index (Phi) is 6.32. The van der Waals surface area contributed by atoms with Crippen LogP contribution in [0.5, 0.6) is 0 Å². The Labute approximate surface area is 190 Å². The Bertz CT molecular complexity index is 1080. The molecule has 2 N–H and O–H groups in total. The van der Waals surface area contributed by atoms with Crippen LogP contribution in [-0.4, -0.2) is 64.6 Å². The first-order chi connectivity index (χ1) is 15.9. The van der Waals surface area contributed by atoms with Crippen molar-refractivity contribution in [2.75, 3.05) is 13.2 Å². The fourth-order valence-corrected chi connectivity index (χ4v) is 4.08. The van der Waals surface area contributed by atoms with E-state index < -0.39 is 41.7 Å². The lowest BCUT2D eigenvalue weighted by Crippen LogP contribution is -2.56. The van der Waals surface area contributed by atoms with Crippen molar-refractivity contribution in [3.8, 4) is 0 Å². The summed E-state index contributed by atoms with van der Waals surface area (Å²) in [6, 6.07) is 13.6. The maximum absolute atomic E-state index is 13.0. The van der Waals surface area contributed by atoms with Crippen LogP contribution in [0.1, 0.15) is 39.1 Å². The molecule has 0 aliphatic carbocycles. The Morgan fingerprint density at radius 1 is 0.970 bits per heavy atom. The van der Waals surface area contributed by atoms with Gasteiger partial charge in [-0.2, -0.15) is 0 Å². The van der Waals surface area contributed by atoms with Gasteiger partial charge in [-0.1, -0.05) is 42.5 Å². The number of amides is 4. The van der Waals surface area contributed by atoms with E-state index in [0.717, 1.165) is 15.4 Å². The quantitative estimate of drug-likeness (QED) is 0.492. The average Bonchev–Trinajstić information content (AvgIpc) is 3.07. The molecule has 2 aromatic carbocycles. The first kappa shape index (κ1) is 22.3. The number of hydrogen-bond donors (Lipinski definition) is 1. The van der Waals surface area contributed by atoms with Crippen LogP contribution >= 0.6 is 0 Å². The van der Waals surface area contributed by atoms with Crippen LogP contribution in [0.15, 0.2) is 54.6 Å². The predicted octanol–water partition coefficient (Wildman–Crippen LogP) is 0.913. The third-order valence-electron chi connectivity index (χ3n) is 5.78. The molecule has 4 amide bonds. The van der Waals surface area contributed by atoms with Crippen molar-refractivity contribution >= 4 is 29.6 Å². The van der Waals surface area contributed by atoms with Crippen molar-refractivity contribution in [3.05, 3.63) is 71.3 Å². The third kappa shape index (κ3) is 4.40. The van der Waals surface area contributed by atoms with Gasteiger partial charge in [0.15, 0.2) is 0 Å². The summed E-state index contributed by atoms with van der Waals surface area (Å²) in [5.41, 5.74) is 7.25. The molecule has 2 aliphatic rings. The van der Waals surface area contributed by atoms with Gasteiger partial charge in [0.1, 0.15) is 18.7 Å². The smallest absolute Gasteiger partial charge is 0.323 e. The molecule has 0 radical (unpaired) electrons. The topological polar surface area (TPSA) is 127 Å². The zero-order valence-corrected chi connectivity index (χ0v) is 17.8. The number of nitrogens with two attached hydrogens (primary N) is 1. The lowest BCUT2D eigenvalue weighted by Gasteiger charge is -2.34. The van der Waals surface area contributed by atoms with Crippen molar-refractivity contribution < 1.29 is 28.7 Å². The summed E-state index contributed by atoms with van der Waals surface area (Å²) in [6.45, 7) is -0.408. The van der Waals surface area contributed by atoms with Gasteiger partial charge < -0.3 is 10.5 Å². The SMILES string of the molecule is N[C@@H](Cc1ccccc1)C(=O)OCCN1C(=O)CCC(N2C(=O)c3ccccc3C2=O)C1=O. The van der Waals surface area contributed by atoms with Crippen LogP contribution < -0.4 is 5.73 Å². The molecular formula is C24H23N3O6. The van der Waals surface area contributed by atoms with Gasteiger partial charge in [-0.15, -0.1) is 0 Å². The number of carbonyl (C=O) groups is 5. The molecule has 9 nitrogen and oxygen atoms in total. The number of piperidine rings is 1. The maximum Gasteiger partial charge on any atom is 0.323 e. The highest BCUT2D eigenvalue weighted by Gasteiger charge is 2.46. The van der Waals surface area contributed by atoms with Crippen LogP contribution in [0.2, 0.25) is 0 Å². The van der Waals surface area contributed by atoms with E-state index in [2.05, 4.69) is 0 Å². The number of hydrogen-bond acceptors (Lipinski definition) is 7. The van der Waals surface area contributed by atoms with Gasteiger partial charge >= 0.3 is 5.97 Å². The number of imide groups is 2. The van der Waals surface area contributed by atoms with Gasteiger partial charge in [0.25, 0.3) is 17.7 Å². The zero-order valence-electron chi connectivity index (χ0n) is 17.8. The highest BCUT2D eigenvalue weighted by Crippen LogP contribution is 2.28. The molecule has 33 heavy (non-hydrogen) atoms. The minimum Gasteiger partial charge on any atom is -0.463 e. The molecule has 2 heterocycles. The largest absolute Gasteiger partial charge is 0.463 e. The number of ether oxygens (including phenoxy) is 1. The van der Waals surface area contributed by atoms with Crippen LogP contribution in [-0.2, 0) is 25.5 Å². The molecule has 1 unspecified atom stereocenters. The molecule has 2 atom stereocenters. The normalized spacial score (nSPS) is 19.0. The molecule has 0 bridgehead atoms. The number of esters is 1. The zero-order chi connectivity index (χ0) is 23.5. The average molecular weight is 449 g/mol. The first-order valence-corrected chi connectivity index (χ1v) is 10.7. The fourth-order valence-electron chi connectivity index (χ4n) is 4.08. The molecule has 0 saturated carbocycles. The summed E-state index contributed by atoms with van der Waals surface area (Å²) >= 11 is 0. The molecule has 2 aliphatic heterocycles. The van der Waals surface area contributed by atoms with Gasteiger partial charge in [0, 0.05) is 6.42 Å². The van der Waals surface area contributed by atoms with E-state index >= 15 is 0 Å². The van der Waals surface area contributed by atoms with Crippen LogP contribution in [0.25, 0.3) is 0 Å². The highest BCUT2D eigenvalue weighted by molar-refractivity contribution is 6.23. The Morgan fingerprint density at radius 3 is 2.21 bits per heavy atom. The van der Waals surface area contributed by atoms with E-state index in [-0.39, 0.29) is 37.1 Å². The molecule has 2 aromatic rings. The van der Waals surface area contributed by atoms with Gasteiger partial charge in [0.2, 0.25) is 5.91 Å². The van der Waals surface area contributed by atoms with Gasteiger partial charge in [-0.25, -0.2) is 0 Å². The lowest BCUT2D eigenvalue weighted by atomic mass is 10.0. The summed E-state index contributed by atoms with van der Waals surface area (Å²) in [7, 11) is 0. The summed E-state index contributed by atoms with van der Waals surface area (Å²) in [5, 5.41) is 0. The fraction of sp³-hybridized carbons (Fsp3) is 0.292. The first-order valence-electron chi connectivity index (χ1n) is 10.7. The molecule has 4 rings (SSSR count).